The van der Waals surface area contributed by atoms with Crippen molar-refractivity contribution in [2.45, 2.75) is 19.4 Å². The number of carbonyl (C=O) groups is 1. The van der Waals surface area contributed by atoms with Crippen LogP contribution < -0.4 is 5.32 Å². The molecule has 0 aliphatic rings. The van der Waals surface area contributed by atoms with E-state index in [1.165, 1.54) is 7.11 Å². The summed E-state index contributed by atoms with van der Waals surface area (Å²) >= 11 is 0. The van der Waals surface area contributed by atoms with Gasteiger partial charge in [-0.25, -0.2) is 0 Å². The molecule has 0 aromatic carbocycles. The smallest absolute Gasteiger partial charge is 0.322 e. The van der Waals surface area contributed by atoms with Crippen LogP contribution in [0.1, 0.15) is 13.3 Å². The van der Waals surface area contributed by atoms with Crippen molar-refractivity contribution in [2.75, 3.05) is 27.4 Å². The summed E-state index contributed by atoms with van der Waals surface area (Å²) in [5.41, 5.74) is 0. The van der Waals surface area contributed by atoms with Crippen molar-refractivity contribution in [3.8, 4) is 0 Å². The molecular formula is C8H17NO3. The van der Waals surface area contributed by atoms with Gasteiger partial charge < -0.3 is 14.8 Å². The van der Waals surface area contributed by atoms with Gasteiger partial charge in [0, 0.05) is 13.7 Å². The molecule has 0 aliphatic heterocycles. The molecule has 1 atom stereocenters. The van der Waals surface area contributed by atoms with Crippen molar-refractivity contribution >= 4 is 5.97 Å². The second-order valence-electron chi connectivity index (χ2n) is 2.55. The van der Waals surface area contributed by atoms with E-state index in [1.54, 1.807) is 14.0 Å². The Morgan fingerprint density at radius 2 is 2.17 bits per heavy atom. The van der Waals surface area contributed by atoms with E-state index in [4.69, 9.17) is 4.74 Å². The molecule has 0 bridgehead atoms. The minimum atomic E-state index is -0.230. The van der Waals surface area contributed by atoms with Crippen LogP contribution in [0, 0.1) is 0 Å². The minimum Gasteiger partial charge on any atom is -0.468 e. The molecule has 4 heteroatoms. The molecule has 0 rings (SSSR count). The van der Waals surface area contributed by atoms with Crippen LogP contribution in [-0.4, -0.2) is 39.4 Å². The zero-order chi connectivity index (χ0) is 9.40. The highest BCUT2D eigenvalue weighted by Gasteiger charge is 2.10. The van der Waals surface area contributed by atoms with Gasteiger partial charge in [-0.3, -0.25) is 4.79 Å². The maximum absolute atomic E-state index is 10.9. The normalized spacial score (nSPS) is 12.6. The van der Waals surface area contributed by atoms with Gasteiger partial charge in [0.2, 0.25) is 0 Å². The number of methoxy groups -OCH3 is 2. The highest BCUT2D eigenvalue weighted by atomic mass is 16.5. The zero-order valence-corrected chi connectivity index (χ0v) is 7.92. The molecule has 0 saturated carbocycles. The third kappa shape index (κ3) is 5.09. The van der Waals surface area contributed by atoms with E-state index in [-0.39, 0.29) is 12.0 Å². The maximum atomic E-state index is 10.9. The Kier molecular flexibility index (Phi) is 6.70. The maximum Gasteiger partial charge on any atom is 0.322 e. The number of hydrogen-bond donors (Lipinski definition) is 1. The number of carbonyl (C=O) groups excluding carboxylic acids is 1. The lowest BCUT2D eigenvalue weighted by Gasteiger charge is -2.10. The number of rotatable bonds is 6. The van der Waals surface area contributed by atoms with Crippen LogP contribution >= 0.6 is 0 Å². The number of nitrogens with one attached hydrogen (secondary N) is 1. The monoisotopic (exact) mass is 175 g/mol. The Balaban J connectivity index is 3.31. The van der Waals surface area contributed by atoms with Gasteiger partial charge in [0.1, 0.15) is 6.04 Å². The van der Waals surface area contributed by atoms with Crippen LogP contribution in [0.3, 0.4) is 0 Å². The van der Waals surface area contributed by atoms with Crippen LogP contribution in [0.2, 0.25) is 0 Å². The fourth-order valence-electron chi connectivity index (χ4n) is 0.795. The minimum absolute atomic E-state index is 0.229. The molecule has 0 aliphatic carbocycles. The van der Waals surface area contributed by atoms with Crippen LogP contribution in [0.25, 0.3) is 0 Å². The Hall–Kier alpha value is -0.610. The van der Waals surface area contributed by atoms with E-state index in [2.05, 4.69) is 10.1 Å². The van der Waals surface area contributed by atoms with Crippen molar-refractivity contribution in [3.05, 3.63) is 0 Å². The summed E-state index contributed by atoms with van der Waals surface area (Å²) in [6.07, 6.45) is 0.901. The standard InChI is InChI=1S/C8H17NO3/c1-7(8(10)12-3)9-5-4-6-11-2/h7,9H,4-6H2,1-3H3/t7-/m1/s1. The Morgan fingerprint density at radius 1 is 1.50 bits per heavy atom. The molecule has 0 aromatic rings. The largest absolute Gasteiger partial charge is 0.468 e. The van der Waals surface area contributed by atoms with E-state index in [0.717, 1.165) is 13.0 Å². The lowest BCUT2D eigenvalue weighted by Crippen LogP contribution is -2.35. The summed E-state index contributed by atoms with van der Waals surface area (Å²) in [4.78, 5) is 10.9. The van der Waals surface area contributed by atoms with Crippen molar-refractivity contribution in [1.29, 1.82) is 0 Å². The fraction of sp³-hybridized carbons (Fsp3) is 0.875. The molecule has 12 heavy (non-hydrogen) atoms. The highest BCUT2D eigenvalue weighted by molar-refractivity contribution is 5.74. The zero-order valence-electron chi connectivity index (χ0n) is 7.92. The quantitative estimate of drug-likeness (QED) is 0.462. The molecule has 0 saturated heterocycles. The van der Waals surface area contributed by atoms with Crippen molar-refractivity contribution in [1.82, 2.24) is 5.32 Å². The summed E-state index contributed by atoms with van der Waals surface area (Å²) < 4.78 is 9.39. The molecule has 1 N–H and O–H groups in total. The average Bonchev–Trinajstić information content (AvgIpc) is 2.10. The van der Waals surface area contributed by atoms with E-state index < -0.39 is 0 Å². The van der Waals surface area contributed by atoms with E-state index in [0.29, 0.717) is 6.61 Å². The van der Waals surface area contributed by atoms with Crippen LogP contribution in [0.5, 0.6) is 0 Å². The summed E-state index contributed by atoms with van der Waals surface area (Å²) in [5, 5.41) is 3.01. The third-order valence-electron chi connectivity index (χ3n) is 1.53. The van der Waals surface area contributed by atoms with Crippen molar-refractivity contribution < 1.29 is 14.3 Å². The second kappa shape index (κ2) is 7.06. The SMILES string of the molecule is COCCCN[C@H](C)C(=O)OC. The van der Waals surface area contributed by atoms with E-state index >= 15 is 0 Å². The molecule has 4 nitrogen and oxygen atoms in total. The van der Waals surface area contributed by atoms with Crippen LogP contribution in [-0.2, 0) is 14.3 Å². The van der Waals surface area contributed by atoms with Crippen LogP contribution in [0.15, 0.2) is 0 Å². The molecule has 0 aromatic heterocycles. The third-order valence-corrected chi connectivity index (χ3v) is 1.53. The van der Waals surface area contributed by atoms with E-state index in [9.17, 15) is 4.79 Å². The van der Waals surface area contributed by atoms with Gasteiger partial charge in [-0.05, 0) is 19.9 Å². The summed E-state index contributed by atoms with van der Waals surface area (Å²) in [6.45, 7) is 3.25. The molecule has 0 unspecified atom stereocenters. The fourth-order valence-corrected chi connectivity index (χ4v) is 0.795. The van der Waals surface area contributed by atoms with Gasteiger partial charge >= 0.3 is 5.97 Å². The molecule has 0 radical (unpaired) electrons. The summed E-state index contributed by atoms with van der Waals surface area (Å²) in [5.74, 6) is -0.229. The Morgan fingerprint density at radius 3 is 2.67 bits per heavy atom. The average molecular weight is 175 g/mol. The molecule has 0 heterocycles. The Labute approximate surface area is 73.2 Å². The molecular weight excluding hydrogens is 158 g/mol. The summed E-state index contributed by atoms with van der Waals surface area (Å²) in [7, 11) is 3.04. The first-order valence-electron chi connectivity index (χ1n) is 4.02. The van der Waals surface area contributed by atoms with E-state index in [1.807, 2.05) is 0 Å². The molecule has 0 fully saturated rings. The van der Waals surface area contributed by atoms with Crippen molar-refractivity contribution in [3.63, 3.8) is 0 Å². The first-order valence-corrected chi connectivity index (χ1v) is 4.02. The van der Waals surface area contributed by atoms with Gasteiger partial charge in [0.05, 0.1) is 7.11 Å². The first-order chi connectivity index (χ1) is 5.72. The Bertz CT molecular complexity index is 127. The van der Waals surface area contributed by atoms with Crippen LogP contribution in [0.4, 0.5) is 0 Å². The lowest BCUT2D eigenvalue weighted by atomic mass is 10.3. The second-order valence-corrected chi connectivity index (χ2v) is 2.55. The van der Waals surface area contributed by atoms with Gasteiger partial charge in [-0.15, -0.1) is 0 Å². The molecule has 0 spiro atoms. The van der Waals surface area contributed by atoms with Gasteiger partial charge in [0.15, 0.2) is 0 Å². The summed E-state index contributed by atoms with van der Waals surface area (Å²) in [6, 6.07) is -0.230. The highest BCUT2D eigenvalue weighted by Crippen LogP contribution is 1.86. The van der Waals surface area contributed by atoms with Gasteiger partial charge in [-0.1, -0.05) is 0 Å². The first kappa shape index (κ1) is 11.4. The topological polar surface area (TPSA) is 47.6 Å². The number of esters is 1. The number of ether oxygens (including phenoxy) is 2. The van der Waals surface area contributed by atoms with Crippen molar-refractivity contribution in [2.24, 2.45) is 0 Å². The predicted molar refractivity (Wildman–Crippen MR) is 46.0 cm³/mol. The van der Waals surface area contributed by atoms with Gasteiger partial charge in [0.25, 0.3) is 0 Å². The lowest BCUT2D eigenvalue weighted by molar-refractivity contribution is -0.142. The van der Waals surface area contributed by atoms with Gasteiger partial charge in [-0.2, -0.15) is 0 Å². The molecule has 0 amide bonds. The predicted octanol–water partition coefficient (Wildman–Crippen LogP) is 0.174. The molecule has 72 valence electrons. The number of hydrogen-bond acceptors (Lipinski definition) is 4.